The van der Waals surface area contributed by atoms with Gasteiger partial charge in [0.05, 0.1) is 12.7 Å². The molecule has 1 saturated carbocycles. The van der Waals surface area contributed by atoms with E-state index in [1.165, 1.54) is 19.3 Å². The van der Waals surface area contributed by atoms with Crippen LogP contribution < -0.4 is 19.5 Å². The monoisotopic (exact) mass is 528 g/mol. The van der Waals surface area contributed by atoms with Crippen molar-refractivity contribution in [1.82, 2.24) is 19.7 Å². The van der Waals surface area contributed by atoms with Crippen molar-refractivity contribution in [2.75, 3.05) is 39.8 Å². The fraction of sp³-hybridized carbons (Fsp3) is 0.536. The smallest absolute Gasteiger partial charge is 0.277 e. The molecule has 1 amide bonds. The van der Waals surface area contributed by atoms with E-state index in [0.717, 1.165) is 38.0 Å². The predicted molar refractivity (Wildman–Crippen MR) is 146 cm³/mol. The summed E-state index contributed by atoms with van der Waals surface area (Å²) in [5, 5.41) is 3.13. The van der Waals surface area contributed by atoms with Crippen molar-refractivity contribution >= 4 is 16.1 Å². The van der Waals surface area contributed by atoms with Crippen molar-refractivity contribution in [1.29, 1.82) is 0 Å². The zero-order chi connectivity index (χ0) is 26.1. The average molecular weight is 529 g/mol. The van der Waals surface area contributed by atoms with Crippen LogP contribution in [0.1, 0.15) is 60.9 Å². The number of ether oxygens (including phenoxy) is 1. The molecular weight excluding hydrogens is 488 g/mol. The van der Waals surface area contributed by atoms with Gasteiger partial charge < -0.3 is 15.0 Å². The van der Waals surface area contributed by atoms with Crippen LogP contribution in [0.15, 0.2) is 54.6 Å². The van der Waals surface area contributed by atoms with Gasteiger partial charge in [-0.1, -0.05) is 48.9 Å². The molecular formula is C28H40N4O4S. The molecule has 202 valence electrons. The lowest BCUT2D eigenvalue weighted by Gasteiger charge is -2.41. The van der Waals surface area contributed by atoms with Crippen molar-refractivity contribution < 1.29 is 17.9 Å². The van der Waals surface area contributed by atoms with Crippen molar-refractivity contribution in [3.8, 4) is 5.75 Å². The molecule has 1 saturated heterocycles. The Morgan fingerprint density at radius 2 is 1.68 bits per heavy atom. The third-order valence-corrected chi connectivity index (χ3v) is 8.99. The molecule has 0 spiro atoms. The number of carbonyl (C=O) groups is 1. The van der Waals surface area contributed by atoms with Crippen LogP contribution in [0.25, 0.3) is 0 Å². The molecule has 2 aliphatic rings. The summed E-state index contributed by atoms with van der Waals surface area (Å²) in [5.41, 5.74) is 1.41. The van der Waals surface area contributed by atoms with Crippen molar-refractivity contribution in [2.24, 2.45) is 0 Å². The molecule has 37 heavy (non-hydrogen) atoms. The maximum Gasteiger partial charge on any atom is 0.277 e. The molecule has 2 aromatic carbocycles. The van der Waals surface area contributed by atoms with Gasteiger partial charge in [0, 0.05) is 31.1 Å². The topological polar surface area (TPSA) is 99.8 Å². The lowest BCUT2D eigenvalue weighted by Crippen LogP contribution is -2.50. The lowest BCUT2D eigenvalue weighted by atomic mass is 9.68. The Kier molecular flexibility index (Phi) is 9.59. The number of methoxy groups -OCH3 is 1. The molecule has 8 nitrogen and oxygen atoms in total. The Bertz CT molecular complexity index is 1110. The molecule has 9 heteroatoms. The summed E-state index contributed by atoms with van der Waals surface area (Å²) in [6.07, 6.45) is 6.58. The number of carbonyl (C=O) groups excluding carboxylic acids is 1. The number of rotatable bonds is 11. The number of amides is 1. The minimum atomic E-state index is -3.56. The summed E-state index contributed by atoms with van der Waals surface area (Å²) in [5.74, 6) is 0.369. The number of nitrogens with one attached hydrogen (secondary N) is 3. The van der Waals surface area contributed by atoms with Crippen LogP contribution in [0.3, 0.4) is 0 Å². The van der Waals surface area contributed by atoms with Gasteiger partial charge in [-0.3, -0.25) is 4.79 Å². The van der Waals surface area contributed by atoms with E-state index in [9.17, 15) is 13.2 Å². The molecule has 1 aliphatic heterocycles. The zero-order valence-electron chi connectivity index (χ0n) is 21.7. The van der Waals surface area contributed by atoms with E-state index in [2.05, 4.69) is 31.8 Å². The van der Waals surface area contributed by atoms with E-state index < -0.39 is 10.2 Å². The Hall–Kier alpha value is -2.46. The Labute approximate surface area is 221 Å². The van der Waals surface area contributed by atoms with Crippen LogP contribution in [0.4, 0.5) is 0 Å². The second-order valence-electron chi connectivity index (χ2n) is 10.2. The minimum Gasteiger partial charge on any atom is -0.496 e. The Balaban J connectivity index is 1.35. The largest absolute Gasteiger partial charge is 0.496 e. The molecule has 1 heterocycles. The van der Waals surface area contributed by atoms with Gasteiger partial charge in [0.25, 0.3) is 16.1 Å². The van der Waals surface area contributed by atoms with Gasteiger partial charge in [0.1, 0.15) is 5.75 Å². The van der Waals surface area contributed by atoms with Gasteiger partial charge >= 0.3 is 0 Å². The van der Waals surface area contributed by atoms with Gasteiger partial charge in [-0.15, -0.1) is 0 Å². The maximum absolute atomic E-state index is 13.0. The predicted octanol–water partition coefficient (Wildman–Crippen LogP) is 3.22. The molecule has 2 fully saturated rings. The molecule has 3 N–H and O–H groups in total. The number of benzene rings is 2. The van der Waals surface area contributed by atoms with Gasteiger partial charge in [0.2, 0.25) is 0 Å². The normalized spacial score (nSPS) is 22.9. The van der Waals surface area contributed by atoms with Crippen LogP contribution in [0.5, 0.6) is 5.75 Å². The van der Waals surface area contributed by atoms with Crippen molar-refractivity contribution in [3.63, 3.8) is 0 Å². The van der Waals surface area contributed by atoms with Crippen LogP contribution in [0, 0.1) is 0 Å². The fourth-order valence-electron chi connectivity index (χ4n) is 5.61. The number of likely N-dealkylation sites (tertiary alicyclic amines) is 1. The van der Waals surface area contributed by atoms with E-state index in [0.29, 0.717) is 37.2 Å². The second-order valence-corrected chi connectivity index (χ2v) is 11.8. The van der Waals surface area contributed by atoms with Crippen molar-refractivity contribution in [2.45, 2.75) is 56.4 Å². The van der Waals surface area contributed by atoms with E-state index in [1.54, 1.807) is 19.2 Å². The molecule has 0 radical (unpaired) electrons. The second kappa shape index (κ2) is 12.9. The van der Waals surface area contributed by atoms with E-state index >= 15 is 0 Å². The van der Waals surface area contributed by atoms with Crippen molar-refractivity contribution in [3.05, 3.63) is 65.7 Å². The summed E-state index contributed by atoms with van der Waals surface area (Å²) >= 11 is 0. The molecule has 1 aliphatic carbocycles. The highest BCUT2D eigenvalue weighted by atomic mass is 32.2. The molecule has 0 aromatic heterocycles. The first-order valence-corrected chi connectivity index (χ1v) is 14.9. The van der Waals surface area contributed by atoms with E-state index in [1.807, 2.05) is 30.3 Å². The summed E-state index contributed by atoms with van der Waals surface area (Å²) in [4.78, 5) is 15.3. The van der Waals surface area contributed by atoms with Crippen LogP contribution in [0.2, 0.25) is 0 Å². The SMILES string of the molecule is COc1ccccc1C(=O)NCC1(c2ccccc2)CCC(NS(=O)(=O)NCCN2CCCCC2)CC1. The van der Waals surface area contributed by atoms with Gasteiger partial charge in [-0.2, -0.15) is 13.1 Å². The third kappa shape index (κ3) is 7.54. The number of hydrogen-bond donors (Lipinski definition) is 3. The first kappa shape index (κ1) is 27.6. The van der Waals surface area contributed by atoms with Crippen LogP contribution >= 0.6 is 0 Å². The number of nitrogens with zero attached hydrogens (tertiary/aromatic N) is 1. The number of hydrogen-bond acceptors (Lipinski definition) is 5. The summed E-state index contributed by atoms with van der Waals surface area (Å²) in [6, 6.07) is 17.3. The number of piperidine rings is 1. The highest BCUT2D eigenvalue weighted by Crippen LogP contribution is 2.39. The third-order valence-electron chi connectivity index (χ3n) is 7.76. The average Bonchev–Trinajstić information content (AvgIpc) is 2.93. The lowest BCUT2D eigenvalue weighted by molar-refractivity contribution is 0.0932. The van der Waals surface area contributed by atoms with Crippen LogP contribution in [-0.2, 0) is 15.6 Å². The first-order valence-electron chi connectivity index (χ1n) is 13.4. The molecule has 0 atom stereocenters. The zero-order valence-corrected chi connectivity index (χ0v) is 22.6. The maximum atomic E-state index is 13.0. The van der Waals surface area contributed by atoms with E-state index in [-0.39, 0.29) is 17.4 Å². The molecule has 0 unspecified atom stereocenters. The minimum absolute atomic E-state index is 0.130. The summed E-state index contributed by atoms with van der Waals surface area (Å²) < 4.78 is 36.3. The van der Waals surface area contributed by atoms with Gasteiger partial charge in [0.15, 0.2) is 0 Å². The first-order chi connectivity index (χ1) is 17.9. The van der Waals surface area contributed by atoms with Crippen LogP contribution in [-0.4, -0.2) is 65.1 Å². The standard InChI is InChI=1S/C28H40N4O4S/c1-36-26-13-7-6-12-25(26)27(33)29-22-28(23-10-4-2-5-11-23)16-14-24(15-17-28)31-37(34,35)30-18-21-32-19-8-3-9-20-32/h2,4-7,10-13,24,30-31H,3,8-9,14-22H2,1H3,(H,29,33). The molecule has 4 rings (SSSR count). The highest BCUT2D eigenvalue weighted by molar-refractivity contribution is 7.87. The Morgan fingerprint density at radius 3 is 2.38 bits per heavy atom. The Morgan fingerprint density at radius 1 is 1.00 bits per heavy atom. The molecule has 2 aromatic rings. The van der Waals surface area contributed by atoms with E-state index in [4.69, 9.17) is 4.74 Å². The van der Waals surface area contributed by atoms with Gasteiger partial charge in [-0.25, -0.2) is 4.72 Å². The summed E-state index contributed by atoms with van der Waals surface area (Å²) in [6.45, 7) is 3.74. The fourth-order valence-corrected chi connectivity index (χ4v) is 6.72. The summed E-state index contributed by atoms with van der Waals surface area (Å²) in [7, 11) is -2.01. The van der Waals surface area contributed by atoms with Gasteiger partial charge in [-0.05, 0) is 69.3 Å². The number of para-hydroxylation sites is 1. The molecule has 0 bridgehead atoms. The quantitative estimate of drug-likeness (QED) is 0.416. The highest BCUT2D eigenvalue weighted by Gasteiger charge is 2.38.